The molecule has 25 heavy (non-hydrogen) atoms. The number of halogens is 4. The van der Waals surface area contributed by atoms with Gasteiger partial charge in [-0.3, -0.25) is 0 Å². The summed E-state index contributed by atoms with van der Waals surface area (Å²) in [6.45, 7) is 0.741. The van der Waals surface area contributed by atoms with Crippen LogP contribution in [0.15, 0.2) is 36.4 Å². The maximum atomic E-state index is 14.4. The third-order valence-corrected chi connectivity index (χ3v) is 3.62. The first-order valence-corrected chi connectivity index (χ1v) is 7.40. The van der Waals surface area contributed by atoms with Crippen molar-refractivity contribution in [2.45, 2.75) is 13.3 Å². The SMILES string of the molecule is [B]c1cccc(N(CC(F)F)c2nc(C)nc3ccc(F)cc23)c1F. The van der Waals surface area contributed by atoms with Crippen molar-refractivity contribution in [1.82, 2.24) is 9.97 Å². The molecule has 0 saturated heterocycles. The van der Waals surface area contributed by atoms with Crippen molar-refractivity contribution in [2.24, 2.45) is 0 Å². The normalized spacial score (nSPS) is 11.3. The molecule has 3 rings (SSSR count). The molecule has 0 atom stereocenters. The third kappa shape index (κ3) is 3.43. The Bertz CT molecular complexity index is 933. The van der Waals surface area contributed by atoms with Gasteiger partial charge in [-0.1, -0.05) is 17.6 Å². The fourth-order valence-electron chi connectivity index (χ4n) is 2.59. The predicted octanol–water partition coefficient (Wildman–Crippen LogP) is 3.41. The lowest BCUT2D eigenvalue weighted by molar-refractivity contribution is 0.157. The van der Waals surface area contributed by atoms with Crippen LogP contribution in [0.2, 0.25) is 0 Å². The fourth-order valence-corrected chi connectivity index (χ4v) is 2.59. The van der Waals surface area contributed by atoms with E-state index in [1.54, 1.807) is 6.92 Å². The summed E-state index contributed by atoms with van der Waals surface area (Å²) in [7, 11) is 5.55. The minimum absolute atomic E-state index is 0.00759. The minimum atomic E-state index is -2.78. The number of benzene rings is 2. The molecule has 2 radical (unpaired) electrons. The van der Waals surface area contributed by atoms with Crippen LogP contribution in [0.4, 0.5) is 29.1 Å². The number of aromatic nitrogens is 2. The molecule has 0 amide bonds. The molecule has 126 valence electrons. The van der Waals surface area contributed by atoms with Crippen LogP contribution in [-0.4, -0.2) is 30.8 Å². The summed E-state index contributed by atoms with van der Waals surface area (Å²) in [5.41, 5.74) is 0.0227. The van der Waals surface area contributed by atoms with Gasteiger partial charge in [0.2, 0.25) is 0 Å². The molecule has 0 saturated carbocycles. The Labute approximate surface area is 142 Å². The topological polar surface area (TPSA) is 29.0 Å². The lowest BCUT2D eigenvalue weighted by atomic mass is 9.94. The Morgan fingerprint density at radius 1 is 1.12 bits per heavy atom. The highest BCUT2D eigenvalue weighted by Crippen LogP contribution is 2.32. The molecule has 0 aliphatic rings. The van der Waals surface area contributed by atoms with Crippen LogP contribution in [0.1, 0.15) is 5.82 Å². The number of aryl methyl sites for hydroxylation is 1. The molecule has 1 aromatic heterocycles. The number of hydrogen-bond donors (Lipinski definition) is 0. The second-order valence-corrected chi connectivity index (χ2v) is 5.44. The molecule has 8 heteroatoms. The first kappa shape index (κ1) is 17.2. The largest absolute Gasteiger partial charge is 0.317 e. The summed E-state index contributed by atoms with van der Waals surface area (Å²) in [5.74, 6) is -1.14. The molecular weight excluding hydrogens is 333 g/mol. The van der Waals surface area contributed by atoms with Gasteiger partial charge < -0.3 is 4.90 Å². The zero-order valence-electron chi connectivity index (χ0n) is 13.2. The Balaban J connectivity index is 2.28. The first-order valence-electron chi connectivity index (χ1n) is 7.40. The molecule has 0 aliphatic heterocycles. The van der Waals surface area contributed by atoms with Gasteiger partial charge in [0.25, 0.3) is 6.43 Å². The number of fused-ring (bicyclic) bond motifs is 1. The summed E-state index contributed by atoms with van der Waals surface area (Å²) in [6, 6.07) is 7.84. The van der Waals surface area contributed by atoms with E-state index in [9.17, 15) is 17.6 Å². The number of alkyl halides is 2. The number of nitrogens with zero attached hydrogens (tertiary/aromatic N) is 3. The van der Waals surface area contributed by atoms with E-state index in [1.165, 1.54) is 30.3 Å². The van der Waals surface area contributed by atoms with Gasteiger partial charge in [0.05, 0.1) is 17.7 Å². The van der Waals surface area contributed by atoms with E-state index in [1.807, 2.05) is 0 Å². The molecule has 3 aromatic rings. The highest BCUT2D eigenvalue weighted by atomic mass is 19.3. The molecule has 0 spiro atoms. The molecule has 0 unspecified atom stereocenters. The van der Waals surface area contributed by atoms with Crippen LogP contribution in [-0.2, 0) is 0 Å². The zero-order chi connectivity index (χ0) is 18.1. The second-order valence-electron chi connectivity index (χ2n) is 5.44. The Kier molecular flexibility index (Phi) is 4.61. The average molecular weight is 345 g/mol. The lowest BCUT2D eigenvalue weighted by Gasteiger charge is -2.26. The molecule has 0 fully saturated rings. The van der Waals surface area contributed by atoms with E-state index in [0.29, 0.717) is 5.52 Å². The van der Waals surface area contributed by atoms with E-state index in [0.717, 1.165) is 11.0 Å². The number of anilines is 2. The van der Waals surface area contributed by atoms with Crippen molar-refractivity contribution < 1.29 is 17.6 Å². The lowest BCUT2D eigenvalue weighted by Crippen LogP contribution is -2.28. The summed E-state index contributed by atoms with van der Waals surface area (Å²) >= 11 is 0. The van der Waals surface area contributed by atoms with Crippen molar-refractivity contribution in [3.63, 3.8) is 0 Å². The standard InChI is InChI=1S/C17H12BF4N3/c1-9-23-13-6-5-10(19)7-11(13)17(24-9)25(8-15(20)21)14-4-2-3-12(18)16(14)22/h2-7,15H,8H2,1H3. The smallest absolute Gasteiger partial charge is 0.256 e. The van der Waals surface area contributed by atoms with Gasteiger partial charge in [-0.2, -0.15) is 0 Å². The minimum Gasteiger partial charge on any atom is -0.317 e. The first-order chi connectivity index (χ1) is 11.9. The quantitative estimate of drug-likeness (QED) is 0.536. The van der Waals surface area contributed by atoms with Gasteiger partial charge in [-0.25, -0.2) is 27.5 Å². The number of hydrogen-bond acceptors (Lipinski definition) is 3. The van der Waals surface area contributed by atoms with Gasteiger partial charge in [0.1, 0.15) is 31.1 Å². The van der Waals surface area contributed by atoms with Crippen LogP contribution < -0.4 is 10.4 Å². The highest BCUT2D eigenvalue weighted by Gasteiger charge is 2.23. The van der Waals surface area contributed by atoms with Gasteiger partial charge in [0, 0.05) is 5.39 Å². The van der Waals surface area contributed by atoms with Crippen molar-refractivity contribution in [3.8, 4) is 0 Å². The second kappa shape index (κ2) is 6.70. The fraction of sp³-hybridized carbons (Fsp3) is 0.176. The van der Waals surface area contributed by atoms with E-state index >= 15 is 0 Å². The molecule has 0 aliphatic carbocycles. The molecular formula is C17H12BF4N3. The number of rotatable bonds is 4. The van der Waals surface area contributed by atoms with Crippen molar-refractivity contribution >= 4 is 35.7 Å². The Hall–Kier alpha value is -2.64. The van der Waals surface area contributed by atoms with Crippen LogP contribution >= 0.6 is 0 Å². The summed E-state index contributed by atoms with van der Waals surface area (Å²) in [6.07, 6.45) is -2.78. The third-order valence-electron chi connectivity index (χ3n) is 3.62. The van der Waals surface area contributed by atoms with Gasteiger partial charge in [0.15, 0.2) is 0 Å². The summed E-state index contributed by atoms with van der Waals surface area (Å²) in [4.78, 5) is 9.31. The zero-order valence-corrected chi connectivity index (χ0v) is 13.2. The van der Waals surface area contributed by atoms with Crippen LogP contribution in [0.25, 0.3) is 10.9 Å². The Morgan fingerprint density at radius 3 is 2.60 bits per heavy atom. The highest BCUT2D eigenvalue weighted by molar-refractivity contribution is 6.32. The van der Waals surface area contributed by atoms with Crippen molar-refractivity contribution in [3.05, 3.63) is 53.9 Å². The van der Waals surface area contributed by atoms with Gasteiger partial charge in [-0.05, 0) is 31.2 Å². The maximum absolute atomic E-state index is 14.4. The van der Waals surface area contributed by atoms with E-state index < -0.39 is 24.6 Å². The van der Waals surface area contributed by atoms with E-state index in [2.05, 4.69) is 9.97 Å². The van der Waals surface area contributed by atoms with Crippen LogP contribution in [0, 0.1) is 18.6 Å². The van der Waals surface area contributed by atoms with Crippen LogP contribution in [0.5, 0.6) is 0 Å². The van der Waals surface area contributed by atoms with Crippen LogP contribution in [0.3, 0.4) is 0 Å². The molecule has 0 N–H and O–H groups in total. The van der Waals surface area contributed by atoms with Crippen molar-refractivity contribution in [2.75, 3.05) is 11.4 Å². The molecule has 1 heterocycles. The summed E-state index contributed by atoms with van der Waals surface area (Å²) in [5, 5.41) is 0.202. The monoisotopic (exact) mass is 345 g/mol. The maximum Gasteiger partial charge on any atom is 0.256 e. The average Bonchev–Trinajstić information content (AvgIpc) is 2.55. The molecule has 0 bridgehead atoms. The predicted molar refractivity (Wildman–Crippen MR) is 89.0 cm³/mol. The molecule has 3 nitrogen and oxygen atoms in total. The van der Waals surface area contributed by atoms with E-state index in [4.69, 9.17) is 7.85 Å². The Morgan fingerprint density at radius 2 is 1.88 bits per heavy atom. The van der Waals surface area contributed by atoms with Crippen molar-refractivity contribution in [1.29, 1.82) is 0 Å². The molecule has 2 aromatic carbocycles. The van der Waals surface area contributed by atoms with Gasteiger partial charge in [-0.15, -0.1) is 0 Å². The van der Waals surface area contributed by atoms with Gasteiger partial charge >= 0.3 is 0 Å². The summed E-state index contributed by atoms with van der Waals surface area (Å²) < 4.78 is 54.4. The van der Waals surface area contributed by atoms with E-state index in [-0.39, 0.29) is 28.2 Å².